The molecular formula is C29H33N3O6. The second kappa shape index (κ2) is 11.6. The van der Waals surface area contributed by atoms with E-state index in [1.165, 1.54) is 0 Å². The van der Waals surface area contributed by atoms with E-state index in [0.29, 0.717) is 37.0 Å². The molecule has 1 saturated heterocycles. The van der Waals surface area contributed by atoms with Crippen molar-refractivity contribution in [3.8, 4) is 11.5 Å². The maximum atomic E-state index is 13.7. The highest BCUT2D eigenvalue weighted by atomic mass is 16.7. The SMILES string of the molecule is Cc1cccc(NC(=O)N(CC(=O)N(Cc2ccc3c(c2)OCO3)Cc2ccco2)CC2CCCO2)c1C. The first-order valence-electron chi connectivity index (χ1n) is 12.9. The maximum Gasteiger partial charge on any atom is 0.322 e. The molecule has 2 aliphatic heterocycles. The summed E-state index contributed by atoms with van der Waals surface area (Å²) in [5.74, 6) is 1.79. The molecule has 2 aromatic carbocycles. The number of aryl methyl sites for hydroxylation is 1. The van der Waals surface area contributed by atoms with Gasteiger partial charge in [-0.2, -0.15) is 0 Å². The minimum absolute atomic E-state index is 0.0954. The van der Waals surface area contributed by atoms with Gasteiger partial charge in [0.15, 0.2) is 11.5 Å². The van der Waals surface area contributed by atoms with Gasteiger partial charge in [0.05, 0.1) is 18.9 Å². The molecule has 9 nitrogen and oxygen atoms in total. The third-order valence-corrected chi connectivity index (χ3v) is 7.00. The van der Waals surface area contributed by atoms with Crippen LogP contribution in [0, 0.1) is 13.8 Å². The molecule has 3 aromatic rings. The standard InChI is InChI=1S/C29H33N3O6/c1-20-6-3-9-25(21(20)2)30-29(34)32(17-24-8-5-13-36-24)18-28(33)31(16-23-7-4-12-35-23)15-22-10-11-26-27(14-22)38-19-37-26/h3-4,6-7,9-12,14,24H,5,8,13,15-19H2,1-2H3,(H,30,34). The van der Waals surface area contributed by atoms with Gasteiger partial charge in [-0.1, -0.05) is 18.2 Å². The molecule has 0 aliphatic carbocycles. The van der Waals surface area contributed by atoms with Crippen LogP contribution in [0.25, 0.3) is 0 Å². The molecule has 3 amide bonds. The van der Waals surface area contributed by atoms with Crippen LogP contribution >= 0.6 is 0 Å². The van der Waals surface area contributed by atoms with Crippen molar-refractivity contribution in [3.05, 3.63) is 77.2 Å². The zero-order valence-electron chi connectivity index (χ0n) is 21.8. The molecule has 3 heterocycles. The number of urea groups is 1. The van der Waals surface area contributed by atoms with E-state index in [1.54, 1.807) is 22.1 Å². The smallest absolute Gasteiger partial charge is 0.322 e. The number of anilines is 1. The van der Waals surface area contributed by atoms with Gasteiger partial charge >= 0.3 is 6.03 Å². The number of fused-ring (bicyclic) bond motifs is 1. The molecule has 9 heteroatoms. The summed E-state index contributed by atoms with van der Waals surface area (Å²) in [6, 6.07) is 14.7. The number of amides is 3. The van der Waals surface area contributed by atoms with E-state index in [-0.39, 0.29) is 37.9 Å². The third kappa shape index (κ3) is 6.11. The summed E-state index contributed by atoms with van der Waals surface area (Å²) in [4.78, 5) is 30.4. The molecule has 0 spiro atoms. The van der Waals surface area contributed by atoms with E-state index >= 15 is 0 Å². The molecule has 0 saturated carbocycles. The van der Waals surface area contributed by atoms with Crippen molar-refractivity contribution in [3.63, 3.8) is 0 Å². The van der Waals surface area contributed by atoms with Crippen LogP contribution in [0.5, 0.6) is 11.5 Å². The lowest BCUT2D eigenvalue weighted by molar-refractivity contribution is -0.133. The molecule has 1 atom stereocenters. The minimum Gasteiger partial charge on any atom is -0.467 e. The summed E-state index contributed by atoms with van der Waals surface area (Å²) in [7, 11) is 0. The molecule has 1 N–H and O–H groups in total. The number of nitrogens with one attached hydrogen (secondary N) is 1. The summed E-state index contributed by atoms with van der Waals surface area (Å²) in [6.45, 7) is 5.65. The number of benzene rings is 2. The van der Waals surface area contributed by atoms with E-state index in [0.717, 1.165) is 35.2 Å². The molecule has 0 bridgehead atoms. The van der Waals surface area contributed by atoms with Crippen LogP contribution in [0.4, 0.5) is 10.5 Å². The van der Waals surface area contributed by atoms with Gasteiger partial charge in [0.1, 0.15) is 12.3 Å². The van der Waals surface area contributed by atoms with Gasteiger partial charge in [-0.15, -0.1) is 0 Å². The highest BCUT2D eigenvalue weighted by Crippen LogP contribution is 2.33. The molecule has 200 valence electrons. The summed E-state index contributed by atoms with van der Waals surface area (Å²) in [5, 5.41) is 3.00. The Labute approximate surface area is 222 Å². The van der Waals surface area contributed by atoms with E-state index < -0.39 is 0 Å². The summed E-state index contributed by atoms with van der Waals surface area (Å²) >= 11 is 0. The monoisotopic (exact) mass is 519 g/mol. The Morgan fingerprint density at radius 3 is 2.66 bits per heavy atom. The van der Waals surface area contributed by atoms with E-state index in [9.17, 15) is 9.59 Å². The molecule has 2 aliphatic rings. The van der Waals surface area contributed by atoms with Gasteiger partial charge in [-0.25, -0.2) is 4.79 Å². The summed E-state index contributed by atoms with van der Waals surface area (Å²) in [6.07, 6.45) is 3.29. The number of hydrogen-bond acceptors (Lipinski definition) is 6. The fourth-order valence-corrected chi connectivity index (χ4v) is 4.68. The third-order valence-electron chi connectivity index (χ3n) is 7.00. The van der Waals surface area contributed by atoms with Gasteiger partial charge in [-0.3, -0.25) is 4.79 Å². The average Bonchev–Trinajstić information content (AvgIpc) is 3.69. The van der Waals surface area contributed by atoms with Crippen LogP contribution in [-0.4, -0.2) is 54.3 Å². The van der Waals surface area contributed by atoms with Crippen molar-refractivity contribution >= 4 is 17.6 Å². The molecule has 0 radical (unpaired) electrons. The van der Waals surface area contributed by atoms with Crippen LogP contribution in [0.3, 0.4) is 0 Å². The number of furan rings is 1. The molecule has 38 heavy (non-hydrogen) atoms. The van der Waals surface area contributed by atoms with Gasteiger partial charge in [0, 0.05) is 25.4 Å². The Bertz CT molecular complexity index is 1270. The molecular weight excluding hydrogens is 486 g/mol. The first-order valence-corrected chi connectivity index (χ1v) is 12.9. The lowest BCUT2D eigenvalue weighted by atomic mass is 10.1. The maximum absolute atomic E-state index is 13.7. The van der Waals surface area contributed by atoms with Gasteiger partial charge in [-0.05, 0) is 73.7 Å². The second-order valence-corrected chi connectivity index (χ2v) is 9.71. The largest absolute Gasteiger partial charge is 0.467 e. The lowest BCUT2D eigenvalue weighted by Gasteiger charge is -2.29. The predicted octanol–water partition coefficient (Wildman–Crippen LogP) is 4.87. The van der Waals surface area contributed by atoms with Crippen molar-refractivity contribution < 1.29 is 28.2 Å². The van der Waals surface area contributed by atoms with Crippen LogP contribution in [0.2, 0.25) is 0 Å². The highest BCUT2D eigenvalue weighted by Gasteiger charge is 2.27. The van der Waals surface area contributed by atoms with Crippen LogP contribution in [0.15, 0.2) is 59.2 Å². The van der Waals surface area contributed by atoms with Crippen molar-refractivity contribution in [2.75, 3.05) is 31.8 Å². The number of carbonyl (C=O) groups is 2. The fraction of sp³-hybridized carbons (Fsp3) is 0.379. The fourth-order valence-electron chi connectivity index (χ4n) is 4.68. The normalized spacial score (nSPS) is 15.9. The first-order chi connectivity index (χ1) is 18.5. The van der Waals surface area contributed by atoms with Gasteiger partial charge < -0.3 is 33.7 Å². The van der Waals surface area contributed by atoms with Crippen LogP contribution in [-0.2, 0) is 22.6 Å². The number of rotatable bonds is 9. The Morgan fingerprint density at radius 1 is 1.00 bits per heavy atom. The summed E-state index contributed by atoms with van der Waals surface area (Å²) < 4.78 is 22.3. The zero-order valence-corrected chi connectivity index (χ0v) is 21.8. The van der Waals surface area contributed by atoms with Crippen LogP contribution in [0.1, 0.15) is 35.3 Å². The van der Waals surface area contributed by atoms with Crippen molar-refractivity contribution in [1.82, 2.24) is 9.80 Å². The Kier molecular flexibility index (Phi) is 7.83. The van der Waals surface area contributed by atoms with E-state index in [4.69, 9.17) is 18.6 Å². The average molecular weight is 520 g/mol. The van der Waals surface area contributed by atoms with Gasteiger partial charge in [0.2, 0.25) is 12.7 Å². The van der Waals surface area contributed by atoms with Crippen molar-refractivity contribution in [1.29, 1.82) is 0 Å². The number of hydrogen-bond donors (Lipinski definition) is 1. The molecule has 1 unspecified atom stereocenters. The second-order valence-electron chi connectivity index (χ2n) is 9.71. The predicted molar refractivity (Wildman–Crippen MR) is 141 cm³/mol. The Hall–Kier alpha value is -3.98. The number of carbonyl (C=O) groups excluding carboxylic acids is 2. The minimum atomic E-state index is -0.330. The molecule has 1 fully saturated rings. The first kappa shape index (κ1) is 25.7. The molecule has 5 rings (SSSR count). The van der Waals surface area contributed by atoms with Crippen molar-refractivity contribution in [2.45, 2.75) is 45.9 Å². The Balaban J connectivity index is 1.35. The highest BCUT2D eigenvalue weighted by molar-refractivity contribution is 5.93. The lowest BCUT2D eigenvalue weighted by Crippen LogP contribution is -2.47. The van der Waals surface area contributed by atoms with Crippen LogP contribution < -0.4 is 14.8 Å². The zero-order chi connectivity index (χ0) is 26.5. The summed E-state index contributed by atoms with van der Waals surface area (Å²) in [5.41, 5.74) is 3.69. The Morgan fingerprint density at radius 2 is 1.87 bits per heavy atom. The number of nitrogens with zero attached hydrogens (tertiary/aromatic N) is 2. The number of ether oxygens (including phenoxy) is 3. The topological polar surface area (TPSA) is 93.5 Å². The van der Waals surface area contributed by atoms with E-state index in [1.807, 2.05) is 56.3 Å². The quantitative estimate of drug-likeness (QED) is 0.434. The van der Waals surface area contributed by atoms with Crippen molar-refractivity contribution in [2.24, 2.45) is 0 Å². The van der Waals surface area contributed by atoms with E-state index in [2.05, 4.69) is 5.32 Å². The van der Waals surface area contributed by atoms with Gasteiger partial charge in [0.25, 0.3) is 0 Å². The molecule has 1 aromatic heterocycles.